The molecule has 1 aromatic rings. The molecule has 0 radical (unpaired) electrons. The Bertz CT molecular complexity index is 287. The molecule has 1 aliphatic rings. The van der Waals surface area contributed by atoms with E-state index in [0.29, 0.717) is 6.04 Å². The summed E-state index contributed by atoms with van der Waals surface area (Å²) in [4.78, 5) is 0. The van der Waals surface area contributed by atoms with E-state index in [-0.39, 0.29) is 0 Å². The summed E-state index contributed by atoms with van der Waals surface area (Å²) in [6.07, 6.45) is 7.04. The van der Waals surface area contributed by atoms with Crippen LogP contribution in [0.5, 0.6) is 0 Å². The van der Waals surface area contributed by atoms with E-state index >= 15 is 0 Å². The highest BCUT2D eigenvalue weighted by Crippen LogP contribution is 2.28. The summed E-state index contributed by atoms with van der Waals surface area (Å²) >= 11 is 2.09. The van der Waals surface area contributed by atoms with Crippen molar-refractivity contribution >= 4 is 11.8 Å². The number of nitrogens with zero attached hydrogens (tertiary/aromatic N) is 1. The van der Waals surface area contributed by atoms with Crippen LogP contribution < -0.4 is 5.32 Å². The topological polar surface area (TPSA) is 38.1 Å². The van der Waals surface area contributed by atoms with Gasteiger partial charge in [0.15, 0.2) is 0 Å². The maximum Gasteiger partial charge on any atom is 0.124 e. The van der Waals surface area contributed by atoms with Gasteiger partial charge in [0.2, 0.25) is 0 Å². The van der Waals surface area contributed by atoms with Crippen LogP contribution in [0.15, 0.2) is 16.9 Å². The predicted molar refractivity (Wildman–Crippen MR) is 67.5 cm³/mol. The Morgan fingerprint density at radius 1 is 1.50 bits per heavy atom. The molecule has 0 bridgehead atoms. The Balaban J connectivity index is 1.81. The number of hydrogen-bond donors (Lipinski definition) is 1. The zero-order valence-corrected chi connectivity index (χ0v) is 10.6. The molecule has 0 unspecified atom stereocenters. The van der Waals surface area contributed by atoms with E-state index < -0.39 is 0 Å². The maximum atomic E-state index is 4.83. The third-order valence-corrected chi connectivity index (χ3v) is 4.45. The summed E-state index contributed by atoms with van der Waals surface area (Å²) in [5.41, 5.74) is 1.01. The van der Waals surface area contributed by atoms with Crippen LogP contribution in [0, 0.1) is 0 Å². The van der Waals surface area contributed by atoms with Gasteiger partial charge in [-0.2, -0.15) is 11.8 Å². The minimum absolute atomic E-state index is 0.649. The van der Waals surface area contributed by atoms with Crippen LogP contribution in [0.4, 0.5) is 0 Å². The highest BCUT2D eigenvalue weighted by Gasteiger charge is 2.24. The summed E-state index contributed by atoms with van der Waals surface area (Å²) in [5.74, 6) is 1.22. The Hall–Kier alpha value is -0.480. The van der Waals surface area contributed by atoms with E-state index in [0.717, 1.165) is 17.5 Å². The molecule has 0 spiro atoms. The van der Waals surface area contributed by atoms with Gasteiger partial charge < -0.3 is 9.84 Å². The van der Waals surface area contributed by atoms with Crippen molar-refractivity contribution in [1.82, 2.24) is 10.5 Å². The van der Waals surface area contributed by atoms with Crippen molar-refractivity contribution in [3.63, 3.8) is 0 Å². The molecule has 0 amide bonds. The normalized spacial score (nSPS) is 25.8. The molecule has 90 valence electrons. The number of aromatic nitrogens is 1. The minimum Gasteiger partial charge on any atom is -0.364 e. The van der Waals surface area contributed by atoms with Gasteiger partial charge >= 0.3 is 0 Å². The zero-order valence-electron chi connectivity index (χ0n) is 9.82. The van der Waals surface area contributed by atoms with Crippen molar-refractivity contribution in [3.8, 4) is 0 Å². The molecule has 3 nitrogen and oxygen atoms in total. The number of hydrogen-bond acceptors (Lipinski definition) is 4. The van der Waals surface area contributed by atoms with E-state index in [1.54, 1.807) is 6.26 Å². The van der Waals surface area contributed by atoms with Crippen LogP contribution in [0.2, 0.25) is 0 Å². The average Bonchev–Trinajstić information content (AvgIpc) is 2.81. The summed E-state index contributed by atoms with van der Waals surface area (Å²) < 4.78 is 4.83. The molecule has 4 heteroatoms. The fourth-order valence-electron chi connectivity index (χ4n) is 2.31. The van der Waals surface area contributed by atoms with Gasteiger partial charge in [0, 0.05) is 23.9 Å². The van der Waals surface area contributed by atoms with Gasteiger partial charge in [0.25, 0.3) is 0 Å². The number of nitrogens with one attached hydrogen (secondary N) is 1. The first-order valence-corrected chi connectivity index (χ1v) is 7.19. The third-order valence-electron chi connectivity index (χ3n) is 3.12. The quantitative estimate of drug-likeness (QED) is 0.859. The van der Waals surface area contributed by atoms with Crippen LogP contribution in [0.25, 0.3) is 0 Å². The lowest BCUT2D eigenvalue weighted by Crippen LogP contribution is -2.40. The molecule has 0 aliphatic heterocycles. The van der Waals surface area contributed by atoms with E-state index in [1.807, 2.05) is 6.07 Å². The first-order chi connectivity index (χ1) is 7.90. The Kier molecular flexibility index (Phi) is 4.72. The van der Waals surface area contributed by atoms with Crippen molar-refractivity contribution in [2.24, 2.45) is 0 Å². The Morgan fingerprint density at radius 2 is 2.38 bits per heavy atom. The van der Waals surface area contributed by atoms with Crippen molar-refractivity contribution in [1.29, 1.82) is 0 Å². The molecule has 0 saturated heterocycles. The highest BCUT2D eigenvalue weighted by molar-refractivity contribution is 7.99. The van der Waals surface area contributed by atoms with Crippen molar-refractivity contribution in [2.45, 2.75) is 50.4 Å². The van der Waals surface area contributed by atoms with Crippen molar-refractivity contribution < 1.29 is 4.52 Å². The lowest BCUT2D eigenvalue weighted by molar-refractivity contribution is 0.369. The predicted octanol–water partition coefficient (Wildman–Crippen LogP) is 2.83. The first-order valence-electron chi connectivity index (χ1n) is 6.14. The van der Waals surface area contributed by atoms with Crippen LogP contribution in [-0.2, 0) is 6.54 Å². The maximum absolute atomic E-state index is 4.83. The zero-order chi connectivity index (χ0) is 11.2. The second-order valence-electron chi connectivity index (χ2n) is 4.26. The van der Waals surface area contributed by atoms with Crippen molar-refractivity contribution in [3.05, 3.63) is 18.0 Å². The van der Waals surface area contributed by atoms with Crippen LogP contribution in [-0.4, -0.2) is 22.2 Å². The molecule has 2 atom stereocenters. The second-order valence-corrected chi connectivity index (χ2v) is 5.77. The van der Waals surface area contributed by atoms with Gasteiger partial charge in [-0.15, -0.1) is 0 Å². The molecule has 1 heterocycles. The van der Waals surface area contributed by atoms with Crippen LogP contribution in [0.3, 0.4) is 0 Å². The summed E-state index contributed by atoms with van der Waals surface area (Å²) in [6.45, 7) is 3.08. The van der Waals surface area contributed by atoms with Gasteiger partial charge in [0.1, 0.15) is 6.26 Å². The van der Waals surface area contributed by atoms with E-state index in [9.17, 15) is 0 Å². The molecule has 16 heavy (non-hydrogen) atoms. The molecule has 1 aromatic heterocycles. The average molecular weight is 240 g/mol. The van der Waals surface area contributed by atoms with Gasteiger partial charge in [-0.25, -0.2) is 0 Å². The number of rotatable bonds is 5. The van der Waals surface area contributed by atoms with Crippen LogP contribution >= 0.6 is 11.8 Å². The molecular formula is C12H20N2OS. The van der Waals surface area contributed by atoms with Crippen molar-refractivity contribution in [2.75, 3.05) is 5.75 Å². The largest absolute Gasteiger partial charge is 0.364 e. The monoisotopic (exact) mass is 240 g/mol. The highest BCUT2D eigenvalue weighted by atomic mass is 32.2. The SMILES string of the molecule is CCS[C@H]1CCCC[C@@H]1NCc1ccon1. The molecule has 1 saturated carbocycles. The van der Waals surface area contributed by atoms with Gasteiger partial charge in [-0.05, 0) is 18.6 Å². The van der Waals surface area contributed by atoms with E-state index in [1.165, 1.54) is 31.4 Å². The Labute approximate surface area is 101 Å². The second kappa shape index (κ2) is 6.30. The van der Waals surface area contributed by atoms with E-state index in [4.69, 9.17) is 4.52 Å². The molecule has 0 aromatic carbocycles. The third kappa shape index (κ3) is 3.25. The molecule has 1 fully saturated rings. The molecule has 2 rings (SSSR count). The summed E-state index contributed by atoms with van der Waals surface area (Å²) in [7, 11) is 0. The smallest absolute Gasteiger partial charge is 0.124 e. The van der Waals surface area contributed by atoms with Gasteiger partial charge in [-0.3, -0.25) is 0 Å². The fraction of sp³-hybridized carbons (Fsp3) is 0.750. The fourth-order valence-corrected chi connectivity index (χ4v) is 3.53. The lowest BCUT2D eigenvalue weighted by Gasteiger charge is -2.31. The molecule has 1 N–H and O–H groups in total. The van der Waals surface area contributed by atoms with Gasteiger partial charge in [0.05, 0.1) is 5.69 Å². The van der Waals surface area contributed by atoms with Gasteiger partial charge in [-0.1, -0.05) is 24.9 Å². The molecular weight excluding hydrogens is 220 g/mol. The standard InChI is InChI=1S/C12H20N2OS/c1-2-16-12-6-4-3-5-11(12)13-9-10-7-8-15-14-10/h7-8,11-13H,2-6,9H2,1H3/t11-,12-/m0/s1. The van der Waals surface area contributed by atoms with E-state index in [2.05, 4.69) is 29.2 Å². The summed E-state index contributed by atoms with van der Waals surface area (Å²) in [6, 6.07) is 2.58. The summed E-state index contributed by atoms with van der Waals surface area (Å²) in [5, 5.41) is 8.33. The first kappa shape index (κ1) is 12.0. The lowest BCUT2D eigenvalue weighted by atomic mass is 9.95. The van der Waals surface area contributed by atoms with Crippen LogP contribution in [0.1, 0.15) is 38.3 Å². The Morgan fingerprint density at radius 3 is 3.12 bits per heavy atom. The molecule has 1 aliphatic carbocycles. The number of thioether (sulfide) groups is 1. The minimum atomic E-state index is 0.649.